The van der Waals surface area contributed by atoms with Gasteiger partial charge in [0.15, 0.2) is 0 Å². The van der Waals surface area contributed by atoms with Crippen LogP contribution in [0.4, 0.5) is 0 Å². The summed E-state index contributed by atoms with van der Waals surface area (Å²) in [6.07, 6.45) is 0.874. The minimum atomic E-state index is -1.91. The molecule has 0 aliphatic heterocycles. The molecular formula is C24H36O2Si. The summed E-state index contributed by atoms with van der Waals surface area (Å²) in [7, 11) is -1.91. The summed E-state index contributed by atoms with van der Waals surface area (Å²) >= 11 is 0. The lowest BCUT2D eigenvalue weighted by atomic mass is 9.96. The fraction of sp³-hybridized carbons (Fsp3) is 0.500. The third-order valence-electron chi connectivity index (χ3n) is 5.99. The van der Waals surface area contributed by atoms with E-state index in [0.717, 1.165) is 23.3 Å². The van der Waals surface area contributed by atoms with Crippen molar-refractivity contribution < 1.29 is 9.53 Å². The average Bonchev–Trinajstić information content (AvgIpc) is 2.56. The number of phenols is 1. The fourth-order valence-corrected chi connectivity index (χ4v) is 9.94. The van der Waals surface area contributed by atoms with E-state index in [1.165, 1.54) is 11.1 Å². The number of aryl methyl sites for hydroxylation is 2. The SMILES string of the molecule is Cc1cc(O)cc(C)c1Cc1ccc(O[Si](C(C)C)(C(C)C)C(C)C)cc1. The first kappa shape index (κ1) is 21.6. The molecule has 0 spiro atoms. The van der Waals surface area contributed by atoms with Crippen LogP contribution in [0.1, 0.15) is 63.8 Å². The van der Waals surface area contributed by atoms with E-state index in [9.17, 15) is 5.11 Å². The molecule has 2 rings (SSSR count). The zero-order valence-electron chi connectivity index (χ0n) is 18.3. The van der Waals surface area contributed by atoms with E-state index >= 15 is 0 Å². The third-order valence-corrected chi connectivity index (χ3v) is 12.0. The molecule has 3 heteroatoms. The Bertz CT molecular complexity index is 716. The van der Waals surface area contributed by atoms with Crippen LogP contribution in [-0.2, 0) is 6.42 Å². The van der Waals surface area contributed by atoms with Crippen molar-refractivity contribution in [1.82, 2.24) is 0 Å². The summed E-state index contributed by atoms with van der Waals surface area (Å²) in [6, 6.07) is 12.3. The summed E-state index contributed by atoms with van der Waals surface area (Å²) in [5.74, 6) is 1.34. The molecule has 2 nitrogen and oxygen atoms in total. The van der Waals surface area contributed by atoms with Crippen LogP contribution in [0.5, 0.6) is 11.5 Å². The topological polar surface area (TPSA) is 29.5 Å². The Labute approximate surface area is 166 Å². The monoisotopic (exact) mass is 384 g/mol. The molecular weight excluding hydrogens is 348 g/mol. The predicted octanol–water partition coefficient (Wildman–Crippen LogP) is 7.15. The van der Waals surface area contributed by atoms with Gasteiger partial charge < -0.3 is 9.53 Å². The van der Waals surface area contributed by atoms with Gasteiger partial charge in [0, 0.05) is 0 Å². The van der Waals surface area contributed by atoms with Gasteiger partial charge in [-0.2, -0.15) is 0 Å². The van der Waals surface area contributed by atoms with Crippen molar-refractivity contribution in [3.8, 4) is 11.5 Å². The van der Waals surface area contributed by atoms with Crippen LogP contribution < -0.4 is 4.43 Å². The zero-order chi connectivity index (χ0) is 20.4. The van der Waals surface area contributed by atoms with Gasteiger partial charge >= 0.3 is 0 Å². The summed E-state index contributed by atoms with van der Waals surface area (Å²) in [4.78, 5) is 0. The minimum Gasteiger partial charge on any atom is -0.543 e. The van der Waals surface area contributed by atoms with Gasteiger partial charge in [0.1, 0.15) is 11.5 Å². The van der Waals surface area contributed by atoms with Gasteiger partial charge in [-0.25, -0.2) is 0 Å². The third kappa shape index (κ3) is 4.57. The van der Waals surface area contributed by atoms with Crippen molar-refractivity contribution in [2.75, 3.05) is 0 Å². The maximum absolute atomic E-state index is 9.75. The first-order chi connectivity index (χ1) is 12.6. The van der Waals surface area contributed by atoms with Crippen molar-refractivity contribution in [2.24, 2.45) is 0 Å². The van der Waals surface area contributed by atoms with Crippen LogP contribution in [0, 0.1) is 13.8 Å². The van der Waals surface area contributed by atoms with Crippen LogP contribution in [-0.4, -0.2) is 13.4 Å². The van der Waals surface area contributed by atoms with Crippen LogP contribution in [0.2, 0.25) is 16.6 Å². The van der Waals surface area contributed by atoms with Crippen LogP contribution in [0.15, 0.2) is 36.4 Å². The van der Waals surface area contributed by atoms with Crippen molar-refractivity contribution >= 4 is 8.32 Å². The van der Waals surface area contributed by atoms with Crippen LogP contribution in [0.25, 0.3) is 0 Å². The van der Waals surface area contributed by atoms with Gasteiger partial charge in [0.05, 0.1) is 0 Å². The standard InChI is InChI=1S/C24H36O2Si/c1-16(2)27(17(3)4,18(5)6)26-23-11-9-21(10-12-23)15-24-19(7)13-22(25)14-20(24)8/h9-14,16-18,25H,15H2,1-8H3. The maximum Gasteiger partial charge on any atom is 0.258 e. The number of aromatic hydroxyl groups is 1. The van der Waals surface area contributed by atoms with Crippen molar-refractivity contribution in [2.45, 2.75) is 78.4 Å². The normalized spacial score (nSPS) is 12.3. The van der Waals surface area contributed by atoms with E-state index in [4.69, 9.17) is 4.43 Å². The molecule has 0 bridgehead atoms. The van der Waals surface area contributed by atoms with Gasteiger partial charge in [-0.15, -0.1) is 0 Å². The molecule has 0 unspecified atom stereocenters. The van der Waals surface area contributed by atoms with E-state index < -0.39 is 8.32 Å². The molecule has 0 aliphatic carbocycles. The second kappa shape index (κ2) is 8.51. The highest BCUT2D eigenvalue weighted by molar-refractivity contribution is 6.78. The fourth-order valence-electron chi connectivity index (χ4n) is 4.69. The lowest BCUT2D eigenvalue weighted by Gasteiger charge is -2.42. The Morgan fingerprint density at radius 2 is 1.26 bits per heavy atom. The highest BCUT2D eigenvalue weighted by Crippen LogP contribution is 2.42. The van der Waals surface area contributed by atoms with Gasteiger partial charge in [0.2, 0.25) is 0 Å². The van der Waals surface area contributed by atoms with Crippen molar-refractivity contribution in [1.29, 1.82) is 0 Å². The van der Waals surface area contributed by atoms with E-state index in [1.54, 1.807) is 0 Å². The van der Waals surface area contributed by atoms with E-state index in [2.05, 4.69) is 79.7 Å². The molecule has 27 heavy (non-hydrogen) atoms. The first-order valence-corrected chi connectivity index (χ1v) is 12.3. The summed E-state index contributed by atoms with van der Waals surface area (Å²) in [5.41, 5.74) is 6.54. The zero-order valence-corrected chi connectivity index (χ0v) is 19.3. The molecule has 0 radical (unpaired) electrons. The molecule has 0 aliphatic rings. The van der Waals surface area contributed by atoms with E-state index in [0.29, 0.717) is 22.4 Å². The number of hydrogen-bond donors (Lipinski definition) is 1. The Morgan fingerprint density at radius 3 is 1.67 bits per heavy atom. The lowest BCUT2D eigenvalue weighted by molar-refractivity contribution is 0.474. The van der Waals surface area contributed by atoms with Gasteiger partial charge in [-0.05, 0) is 83.4 Å². The number of phenolic OH excluding ortho intramolecular Hbond substituents is 1. The average molecular weight is 385 g/mol. The largest absolute Gasteiger partial charge is 0.543 e. The van der Waals surface area contributed by atoms with Crippen molar-refractivity contribution in [3.63, 3.8) is 0 Å². The molecule has 0 amide bonds. The molecule has 1 N–H and O–H groups in total. The Hall–Kier alpha value is -1.74. The second-order valence-electron chi connectivity index (χ2n) is 8.80. The Balaban J connectivity index is 2.25. The molecule has 0 fully saturated rings. The summed E-state index contributed by atoms with van der Waals surface area (Å²) < 4.78 is 6.76. The molecule has 0 atom stereocenters. The highest BCUT2D eigenvalue weighted by atomic mass is 28.4. The Kier molecular flexibility index (Phi) is 6.80. The van der Waals surface area contributed by atoms with Crippen LogP contribution in [0.3, 0.4) is 0 Å². The predicted molar refractivity (Wildman–Crippen MR) is 119 cm³/mol. The molecule has 0 saturated heterocycles. The molecule has 2 aromatic carbocycles. The van der Waals surface area contributed by atoms with E-state index in [1.807, 2.05) is 12.1 Å². The molecule has 0 saturated carbocycles. The summed E-state index contributed by atoms with van der Waals surface area (Å²) in [6.45, 7) is 18.0. The number of benzene rings is 2. The molecule has 148 valence electrons. The van der Waals surface area contributed by atoms with Crippen molar-refractivity contribution in [3.05, 3.63) is 58.7 Å². The maximum atomic E-state index is 9.75. The smallest absolute Gasteiger partial charge is 0.258 e. The highest BCUT2D eigenvalue weighted by Gasteiger charge is 2.46. The Morgan fingerprint density at radius 1 is 0.815 bits per heavy atom. The minimum absolute atomic E-state index is 0.342. The molecule has 0 heterocycles. The summed E-state index contributed by atoms with van der Waals surface area (Å²) in [5, 5.41) is 9.75. The van der Waals surface area contributed by atoms with Gasteiger partial charge in [-0.3, -0.25) is 0 Å². The number of hydrogen-bond acceptors (Lipinski definition) is 2. The van der Waals surface area contributed by atoms with Gasteiger partial charge in [0.25, 0.3) is 8.32 Å². The second-order valence-corrected chi connectivity index (χ2v) is 14.2. The first-order valence-electron chi connectivity index (χ1n) is 10.1. The lowest BCUT2D eigenvalue weighted by Crippen LogP contribution is -2.50. The quantitative estimate of drug-likeness (QED) is 0.513. The molecule has 2 aromatic rings. The number of rotatable bonds is 7. The van der Waals surface area contributed by atoms with Gasteiger partial charge in [-0.1, -0.05) is 53.7 Å². The van der Waals surface area contributed by atoms with E-state index in [-0.39, 0.29) is 0 Å². The molecule has 0 aromatic heterocycles. The van der Waals surface area contributed by atoms with Crippen LogP contribution >= 0.6 is 0 Å².